The second-order valence-corrected chi connectivity index (χ2v) is 10.4. The number of aryl methyl sites for hydroxylation is 1. The molecule has 6 rings (SSSR count). The van der Waals surface area contributed by atoms with E-state index in [1.54, 1.807) is 13.3 Å². The molecule has 0 radical (unpaired) electrons. The van der Waals surface area contributed by atoms with Crippen molar-refractivity contribution >= 4 is 28.3 Å². The van der Waals surface area contributed by atoms with Crippen molar-refractivity contribution in [1.29, 1.82) is 0 Å². The van der Waals surface area contributed by atoms with Gasteiger partial charge in [0.15, 0.2) is 0 Å². The number of aromatic nitrogens is 5. The van der Waals surface area contributed by atoms with Crippen molar-refractivity contribution in [3.63, 3.8) is 0 Å². The maximum atomic E-state index is 13.6. The highest BCUT2D eigenvalue weighted by Gasteiger charge is 2.36. The zero-order chi connectivity index (χ0) is 25.4. The van der Waals surface area contributed by atoms with E-state index in [-0.39, 0.29) is 11.9 Å². The average Bonchev–Trinajstić information content (AvgIpc) is 3.70. The topological polar surface area (TPSA) is 109 Å². The summed E-state index contributed by atoms with van der Waals surface area (Å²) < 4.78 is 15.2. The third kappa shape index (κ3) is 4.70. The first-order chi connectivity index (χ1) is 18.1. The highest BCUT2D eigenvalue weighted by molar-refractivity contribution is 7.07. The molecule has 37 heavy (non-hydrogen) atoms. The molecule has 3 aromatic heterocycles. The van der Waals surface area contributed by atoms with Crippen LogP contribution in [0.5, 0.6) is 5.88 Å². The Morgan fingerprint density at radius 2 is 2.19 bits per heavy atom. The normalized spacial score (nSPS) is 20.5. The highest BCUT2D eigenvalue weighted by Crippen LogP contribution is 2.33. The molecule has 4 aromatic rings. The second kappa shape index (κ2) is 10.2. The van der Waals surface area contributed by atoms with Gasteiger partial charge in [-0.1, -0.05) is 22.7 Å². The molecule has 2 saturated heterocycles. The Balaban J connectivity index is 1.33. The molecule has 0 bridgehead atoms. The van der Waals surface area contributed by atoms with Crippen molar-refractivity contribution in [2.45, 2.75) is 19.4 Å². The van der Waals surface area contributed by atoms with Gasteiger partial charge in [0.05, 0.1) is 42.4 Å². The zero-order valence-electron chi connectivity index (χ0n) is 20.9. The lowest BCUT2D eigenvalue weighted by Crippen LogP contribution is -2.52. The maximum absolute atomic E-state index is 13.6. The van der Waals surface area contributed by atoms with Gasteiger partial charge in [0.2, 0.25) is 5.88 Å². The predicted octanol–water partition coefficient (Wildman–Crippen LogP) is 3.33. The molecule has 0 aliphatic carbocycles. The van der Waals surface area contributed by atoms with Gasteiger partial charge in [0, 0.05) is 38.2 Å². The Hall–Kier alpha value is -3.41. The first-order valence-electron chi connectivity index (χ1n) is 12.5. The van der Waals surface area contributed by atoms with Crippen LogP contribution in [0.2, 0.25) is 0 Å². The molecule has 192 valence electrons. The van der Waals surface area contributed by atoms with Crippen LogP contribution in [0.25, 0.3) is 22.2 Å². The minimum Gasteiger partial charge on any atom is -0.480 e. The van der Waals surface area contributed by atoms with Gasteiger partial charge in [0.25, 0.3) is 5.91 Å². The summed E-state index contributed by atoms with van der Waals surface area (Å²) >= 11 is 1.15. The average molecular weight is 520 g/mol. The summed E-state index contributed by atoms with van der Waals surface area (Å²) in [5, 5.41) is 5.07. The largest absolute Gasteiger partial charge is 0.480 e. The molecule has 11 heteroatoms. The molecule has 1 aromatic carbocycles. The molecule has 2 aliphatic heterocycles. The number of para-hydroxylation sites is 1. The molecule has 2 fully saturated rings. The van der Waals surface area contributed by atoms with Gasteiger partial charge in [-0.25, -0.2) is 9.97 Å². The number of carbonyl (C=O) groups is 1. The number of aromatic amines is 1. The third-order valence-corrected chi connectivity index (χ3v) is 8.01. The predicted molar refractivity (Wildman–Crippen MR) is 140 cm³/mol. The fourth-order valence-corrected chi connectivity index (χ4v) is 5.84. The molecule has 2 atom stereocenters. The number of benzene rings is 1. The standard InChI is InChI=1S/C26H29N7O3S/c1-16-23(37-31-30-16)26(34)33-9-8-32(13-17-7-10-36-15-17)14-22(33)24-27-12-21(28-24)19-11-18-5-3-4-6-20(18)29-25(19)35-2/h3-6,11-12,17,22H,7-10,13-15H2,1-2H3,(H,27,28). The van der Waals surface area contributed by atoms with E-state index in [9.17, 15) is 4.79 Å². The summed E-state index contributed by atoms with van der Waals surface area (Å²) in [5.41, 5.74) is 3.16. The van der Waals surface area contributed by atoms with Gasteiger partial charge >= 0.3 is 0 Å². The summed E-state index contributed by atoms with van der Waals surface area (Å²) in [6.07, 6.45) is 2.88. The van der Waals surface area contributed by atoms with Gasteiger partial charge in [-0.3, -0.25) is 9.69 Å². The van der Waals surface area contributed by atoms with E-state index in [1.807, 2.05) is 36.1 Å². The summed E-state index contributed by atoms with van der Waals surface area (Å²) in [6, 6.07) is 9.76. The number of piperazine rings is 1. The lowest BCUT2D eigenvalue weighted by atomic mass is 10.1. The van der Waals surface area contributed by atoms with Gasteiger partial charge < -0.3 is 19.4 Å². The van der Waals surface area contributed by atoms with Crippen LogP contribution in [0.3, 0.4) is 0 Å². The van der Waals surface area contributed by atoms with E-state index in [0.717, 1.165) is 72.2 Å². The number of rotatable bonds is 6. The molecular formula is C26H29N7O3S. The first kappa shape index (κ1) is 24.0. The molecule has 2 aliphatic rings. The Morgan fingerprint density at radius 1 is 1.30 bits per heavy atom. The fourth-order valence-electron chi connectivity index (χ4n) is 5.22. The number of nitrogens with zero attached hydrogens (tertiary/aromatic N) is 6. The zero-order valence-corrected chi connectivity index (χ0v) is 21.7. The Morgan fingerprint density at radius 3 is 2.97 bits per heavy atom. The van der Waals surface area contributed by atoms with Gasteiger partial charge in [-0.05, 0) is 42.9 Å². The highest BCUT2D eigenvalue weighted by atomic mass is 32.1. The first-order valence-corrected chi connectivity index (χ1v) is 13.3. The van der Waals surface area contributed by atoms with E-state index >= 15 is 0 Å². The van der Waals surface area contributed by atoms with Crippen molar-refractivity contribution in [3.8, 4) is 17.1 Å². The monoisotopic (exact) mass is 519 g/mol. The van der Waals surface area contributed by atoms with Crippen molar-refractivity contribution < 1.29 is 14.3 Å². The lowest BCUT2D eigenvalue weighted by molar-refractivity contribution is 0.0397. The number of pyridine rings is 1. The molecule has 10 nitrogen and oxygen atoms in total. The molecule has 0 saturated carbocycles. The molecule has 5 heterocycles. The number of amides is 1. The van der Waals surface area contributed by atoms with Crippen molar-refractivity contribution in [2.75, 3.05) is 46.5 Å². The molecule has 1 N–H and O–H groups in total. The Kier molecular flexibility index (Phi) is 6.58. The molecule has 1 amide bonds. The van der Waals surface area contributed by atoms with Crippen LogP contribution in [0.1, 0.15) is 33.7 Å². The summed E-state index contributed by atoms with van der Waals surface area (Å²) in [4.78, 5) is 31.4. The van der Waals surface area contributed by atoms with Crippen molar-refractivity contribution in [3.05, 3.63) is 52.9 Å². The quantitative estimate of drug-likeness (QED) is 0.413. The number of nitrogens with one attached hydrogen (secondary N) is 1. The minimum absolute atomic E-state index is 0.0516. The van der Waals surface area contributed by atoms with Crippen LogP contribution in [0, 0.1) is 12.8 Å². The smallest absolute Gasteiger partial charge is 0.268 e. The van der Waals surface area contributed by atoms with E-state index in [0.29, 0.717) is 35.5 Å². The van der Waals surface area contributed by atoms with Gasteiger partial charge in [-0.2, -0.15) is 0 Å². The van der Waals surface area contributed by atoms with Crippen LogP contribution in [-0.4, -0.2) is 86.7 Å². The van der Waals surface area contributed by atoms with Crippen LogP contribution in [0.15, 0.2) is 36.5 Å². The minimum atomic E-state index is -0.238. The number of carbonyl (C=O) groups excluding carboxylic acids is 1. The number of methoxy groups -OCH3 is 1. The van der Waals surface area contributed by atoms with Crippen molar-refractivity contribution in [1.82, 2.24) is 34.3 Å². The van der Waals surface area contributed by atoms with Crippen LogP contribution in [-0.2, 0) is 4.74 Å². The maximum Gasteiger partial charge on any atom is 0.268 e. The number of fused-ring (bicyclic) bond motifs is 1. The molecule has 2 unspecified atom stereocenters. The van der Waals surface area contributed by atoms with E-state index < -0.39 is 0 Å². The van der Waals surface area contributed by atoms with Gasteiger partial charge in [-0.15, -0.1) is 5.10 Å². The van der Waals surface area contributed by atoms with Crippen molar-refractivity contribution in [2.24, 2.45) is 5.92 Å². The Bertz CT molecular complexity index is 1410. The summed E-state index contributed by atoms with van der Waals surface area (Å²) in [6.45, 7) is 6.50. The van der Waals surface area contributed by atoms with E-state index in [2.05, 4.69) is 30.5 Å². The second-order valence-electron chi connectivity index (χ2n) is 9.61. The number of hydrogen-bond donors (Lipinski definition) is 1. The Labute approximate surface area is 218 Å². The molecular weight excluding hydrogens is 490 g/mol. The van der Waals surface area contributed by atoms with Crippen LogP contribution >= 0.6 is 11.5 Å². The van der Waals surface area contributed by atoms with E-state index in [1.165, 1.54) is 0 Å². The van der Waals surface area contributed by atoms with Crippen LogP contribution in [0.4, 0.5) is 0 Å². The summed E-state index contributed by atoms with van der Waals surface area (Å²) in [5.74, 6) is 1.74. The number of imidazole rings is 1. The van der Waals surface area contributed by atoms with Crippen LogP contribution < -0.4 is 4.74 Å². The number of H-pyrrole nitrogens is 1. The molecule has 0 spiro atoms. The third-order valence-electron chi connectivity index (χ3n) is 7.20. The van der Waals surface area contributed by atoms with Gasteiger partial charge in [0.1, 0.15) is 16.7 Å². The SMILES string of the molecule is COc1nc2ccccc2cc1-c1cnc(C2CN(CC3CCOC3)CCN2C(=O)c2snnc2C)[nH]1. The number of ether oxygens (including phenoxy) is 2. The number of hydrogen-bond acceptors (Lipinski definition) is 9. The fraction of sp³-hybridized carbons (Fsp3) is 0.423. The lowest BCUT2D eigenvalue weighted by Gasteiger charge is -2.41. The summed E-state index contributed by atoms with van der Waals surface area (Å²) in [7, 11) is 1.62. The van der Waals surface area contributed by atoms with E-state index in [4.69, 9.17) is 14.5 Å².